The number of piperidine rings is 1. The van der Waals surface area contributed by atoms with Gasteiger partial charge in [-0.25, -0.2) is 4.98 Å². The maximum absolute atomic E-state index is 12.8. The predicted molar refractivity (Wildman–Crippen MR) is 127 cm³/mol. The van der Waals surface area contributed by atoms with Gasteiger partial charge in [-0.3, -0.25) is 9.59 Å². The van der Waals surface area contributed by atoms with Crippen molar-refractivity contribution < 1.29 is 14.3 Å². The molecule has 1 aliphatic rings. The highest BCUT2D eigenvalue weighted by Gasteiger charge is 2.24. The van der Waals surface area contributed by atoms with Crippen LogP contribution >= 0.6 is 15.9 Å². The largest absolute Gasteiger partial charge is 0.439 e. The van der Waals surface area contributed by atoms with Gasteiger partial charge in [-0.05, 0) is 49.2 Å². The zero-order chi connectivity index (χ0) is 22.5. The molecule has 0 saturated carbocycles. The van der Waals surface area contributed by atoms with Crippen molar-refractivity contribution in [2.24, 2.45) is 11.7 Å². The van der Waals surface area contributed by atoms with Crippen LogP contribution in [0.4, 0.5) is 11.4 Å². The van der Waals surface area contributed by atoms with Crippen LogP contribution in [0, 0.1) is 5.92 Å². The van der Waals surface area contributed by atoms with E-state index in [-0.39, 0.29) is 17.7 Å². The van der Waals surface area contributed by atoms with E-state index in [1.54, 1.807) is 12.1 Å². The Morgan fingerprint density at radius 2 is 1.84 bits per heavy atom. The molecule has 32 heavy (non-hydrogen) atoms. The lowest BCUT2D eigenvalue weighted by Crippen LogP contribution is -2.38. The molecule has 164 valence electrons. The molecule has 1 saturated heterocycles. The molecule has 2 heterocycles. The fraction of sp³-hybridized carbons (Fsp3) is 0.208. The number of aromatic nitrogens is 1. The minimum absolute atomic E-state index is 0.0863. The van der Waals surface area contributed by atoms with Gasteiger partial charge in [0.2, 0.25) is 11.8 Å². The van der Waals surface area contributed by atoms with E-state index in [2.05, 4.69) is 31.1 Å². The van der Waals surface area contributed by atoms with Crippen molar-refractivity contribution in [2.75, 3.05) is 23.3 Å². The van der Waals surface area contributed by atoms with Crippen molar-refractivity contribution in [3.05, 3.63) is 76.9 Å². The van der Waals surface area contributed by atoms with Crippen molar-refractivity contribution in [1.29, 1.82) is 0 Å². The Hall–Kier alpha value is -3.39. The Kier molecular flexibility index (Phi) is 6.70. The quantitative estimate of drug-likeness (QED) is 0.522. The maximum atomic E-state index is 12.8. The van der Waals surface area contributed by atoms with Gasteiger partial charge < -0.3 is 20.7 Å². The third-order valence-corrected chi connectivity index (χ3v) is 5.90. The van der Waals surface area contributed by atoms with Gasteiger partial charge in [0, 0.05) is 35.7 Å². The van der Waals surface area contributed by atoms with Gasteiger partial charge in [0.1, 0.15) is 5.75 Å². The van der Waals surface area contributed by atoms with Crippen molar-refractivity contribution in [2.45, 2.75) is 12.8 Å². The number of hydrogen-bond acceptors (Lipinski definition) is 5. The third-order valence-electron chi connectivity index (χ3n) is 5.41. The van der Waals surface area contributed by atoms with Crippen LogP contribution in [0.25, 0.3) is 0 Å². The average molecular weight is 495 g/mol. The summed E-state index contributed by atoms with van der Waals surface area (Å²) in [5.74, 6) is 0.462. The average Bonchev–Trinajstić information content (AvgIpc) is 2.80. The van der Waals surface area contributed by atoms with Gasteiger partial charge in [0.05, 0.1) is 16.9 Å². The number of nitrogens with one attached hydrogen (secondary N) is 1. The van der Waals surface area contributed by atoms with Crippen LogP contribution < -0.4 is 20.7 Å². The zero-order valence-corrected chi connectivity index (χ0v) is 18.9. The summed E-state index contributed by atoms with van der Waals surface area (Å²) in [6.07, 6.45) is 2.91. The standard InChI is InChI=1S/C24H23BrN4O3/c25-18-4-3-5-19(14-18)32-22-9-8-17(15-27-22)24(31)28-20-6-1-2-7-21(20)29-12-10-16(11-13-29)23(26)30/h1-9,14-16H,10-13H2,(H2,26,30)(H,28,31). The second kappa shape index (κ2) is 9.82. The first-order valence-electron chi connectivity index (χ1n) is 10.3. The Balaban J connectivity index is 1.42. The van der Waals surface area contributed by atoms with Gasteiger partial charge in [-0.15, -0.1) is 0 Å². The molecule has 2 amide bonds. The number of carbonyl (C=O) groups excluding carboxylic acids is 2. The highest BCUT2D eigenvalue weighted by Crippen LogP contribution is 2.30. The van der Waals surface area contributed by atoms with Crippen LogP contribution in [-0.2, 0) is 4.79 Å². The Labute approximate surface area is 194 Å². The molecule has 1 aromatic heterocycles. The molecular weight excluding hydrogens is 472 g/mol. The van der Waals surface area contributed by atoms with E-state index < -0.39 is 0 Å². The van der Waals surface area contributed by atoms with E-state index in [9.17, 15) is 9.59 Å². The first kappa shape index (κ1) is 21.8. The van der Waals surface area contributed by atoms with Crippen molar-refractivity contribution in [3.8, 4) is 11.6 Å². The van der Waals surface area contributed by atoms with Crippen LogP contribution in [-0.4, -0.2) is 29.9 Å². The number of primary amides is 1. The van der Waals surface area contributed by atoms with Gasteiger partial charge in [-0.1, -0.05) is 34.1 Å². The topological polar surface area (TPSA) is 97.6 Å². The highest BCUT2D eigenvalue weighted by molar-refractivity contribution is 9.10. The maximum Gasteiger partial charge on any atom is 0.257 e. The van der Waals surface area contributed by atoms with E-state index in [1.165, 1.54) is 6.20 Å². The smallest absolute Gasteiger partial charge is 0.257 e. The number of rotatable bonds is 6. The summed E-state index contributed by atoms with van der Waals surface area (Å²) in [6.45, 7) is 1.42. The lowest BCUT2D eigenvalue weighted by Gasteiger charge is -2.33. The fourth-order valence-electron chi connectivity index (χ4n) is 3.68. The lowest BCUT2D eigenvalue weighted by atomic mass is 9.96. The normalized spacial score (nSPS) is 14.1. The van der Waals surface area contributed by atoms with Crippen LogP contribution in [0.3, 0.4) is 0 Å². The van der Waals surface area contributed by atoms with Crippen LogP contribution in [0.5, 0.6) is 11.6 Å². The number of ether oxygens (including phenoxy) is 1. The first-order chi connectivity index (χ1) is 15.5. The monoisotopic (exact) mass is 494 g/mol. The number of nitrogens with two attached hydrogens (primary N) is 1. The number of carbonyl (C=O) groups is 2. The van der Waals surface area contributed by atoms with E-state index >= 15 is 0 Å². The number of para-hydroxylation sites is 2. The molecule has 0 atom stereocenters. The van der Waals surface area contributed by atoms with Crippen LogP contribution in [0.2, 0.25) is 0 Å². The molecule has 3 N–H and O–H groups in total. The minimum atomic E-state index is -0.258. The minimum Gasteiger partial charge on any atom is -0.439 e. The Morgan fingerprint density at radius 1 is 1.06 bits per heavy atom. The molecular formula is C24H23BrN4O3. The molecule has 1 aliphatic heterocycles. The van der Waals surface area contributed by atoms with Crippen molar-refractivity contribution in [1.82, 2.24) is 4.98 Å². The zero-order valence-electron chi connectivity index (χ0n) is 17.3. The predicted octanol–water partition coefficient (Wildman–Crippen LogP) is 4.59. The summed E-state index contributed by atoms with van der Waals surface area (Å²) in [7, 11) is 0. The molecule has 0 bridgehead atoms. The highest BCUT2D eigenvalue weighted by atomic mass is 79.9. The van der Waals surface area contributed by atoms with E-state index in [4.69, 9.17) is 10.5 Å². The van der Waals surface area contributed by atoms with Gasteiger partial charge >= 0.3 is 0 Å². The molecule has 4 rings (SSSR count). The van der Waals surface area contributed by atoms with Gasteiger partial charge in [-0.2, -0.15) is 0 Å². The molecule has 0 aliphatic carbocycles. The lowest BCUT2D eigenvalue weighted by molar-refractivity contribution is -0.122. The fourth-order valence-corrected chi connectivity index (χ4v) is 4.06. The molecule has 8 heteroatoms. The van der Waals surface area contributed by atoms with Crippen LogP contribution in [0.15, 0.2) is 71.3 Å². The number of anilines is 2. The molecule has 2 aromatic carbocycles. The molecule has 0 radical (unpaired) electrons. The molecule has 7 nitrogen and oxygen atoms in total. The number of nitrogens with zero attached hydrogens (tertiary/aromatic N) is 2. The number of pyridine rings is 1. The van der Waals surface area contributed by atoms with E-state index in [0.717, 1.165) is 10.2 Å². The second-order valence-electron chi connectivity index (χ2n) is 7.58. The number of halogens is 1. The SMILES string of the molecule is NC(=O)C1CCN(c2ccccc2NC(=O)c2ccc(Oc3cccc(Br)c3)nc2)CC1. The number of benzene rings is 2. The second-order valence-corrected chi connectivity index (χ2v) is 8.50. The molecule has 0 spiro atoms. The number of hydrogen-bond donors (Lipinski definition) is 2. The van der Waals surface area contributed by atoms with Crippen molar-refractivity contribution >= 4 is 39.1 Å². The summed E-state index contributed by atoms with van der Waals surface area (Å²) >= 11 is 3.40. The summed E-state index contributed by atoms with van der Waals surface area (Å²) < 4.78 is 6.63. The van der Waals surface area contributed by atoms with Gasteiger partial charge in [0.15, 0.2) is 0 Å². The third kappa shape index (κ3) is 5.26. The molecule has 3 aromatic rings. The summed E-state index contributed by atoms with van der Waals surface area (Å²) in [5, 5.41) is 2.98. The Bertz CT molecular complexity index is 1110. The first-order valence-corrected chi connectivity index (χ1v) is 11.1. The van der Waals surface area contributed by atoms with E-state index in [1.807, 2.05) is 48.5 Å². The summed E-state index contributed by atoms with van der Waals surface area (Å²) in [5.41, 5.74) is 7.50. The van der Waals surface area contributed by atoms with Crippen LogP contribution in [0.1, 0.15) is 23.2 Å². The molecule has 1 fully saturated rings. The van der Waals surface area contributed by atoms with Gasteiger partial charge in [0.25, 0.3) is 5.91 Å². The summed E-state index contributed by atoms with van der Waals surface area (Å²) in [4.78, 5) is 30.7. The molecule has 0 unspecified atom stereocenters. The summed E-state index contributed by atoms with van der Waals surface area (Å²) in [6, 6.07) is 18.4. The van der Waals surface area contributed by atoms with Crippen molar-refractivity contribution in [3.63, 3.8) is 0 Å². The number of amides is 2. The van der Waals surface area contributed by atoms with E-state index in [0.29, 0.717) is 48.8 Å². The Morgan fingerprint density at radius 3 is 2.53 bits per heavy atom.